The minimum absolute atomic E-state index is 0.116. The van der Waals surface area contributed by atoms with E-state index in [0.29, 0.717) is 31.7 Å². The molecule has 1 atom stereocenters. The van der Waals surface area contributed by atoms with Crippen LogP contribution >= 0.6 is 11.6 Å². The highest BCUT2D eigenvalue weighted by Crippen LogP contribution is 2.34. The van der Waals surface area contributed by atoms with Gasteiger partial charge in [0.05, 0.1) is 10.6 Å². The van der Waals surface area contributed by atoms with Crippen molar-refractivity contribution < 1.29 is 31.9 Å². The number of alkyl halides is 3. The van der Waals surface area contributed by atoms with Crippen molar-refractivity contribution in [3.8, 4) is 5.75 Å². The van der Waals surface area contributed by atoms with Gasteiger partial charge in [-0.15, -0.1) is 0 Å². The molecule has 1 unspecified atom stereocenters. The third-order valence-electron chi connectivity index (χ3n) is 5.12. The molecule has 1 saturated heterocycles. The molecule has 1 aromatic carbocycles. The van der Waals surface area contributed by atoms with Gasteiger partial charge in [0.25, 0.3) is 5.91 Å². The number of nitrogens with zero attached hydrogens (tertiary/aromatic N) is 2. The predicted octanol–water partition coefficient (Wildman–Crippen LogP) is 3.72. The van der Waals surface area contributed by atoms with Gasteiger partial charge in [-0.25, -0.2) is 9.37 Å². The summed E-state index contributed by atoms with van der Waals surface area (Å²) in [5, 5.41) is -0.116. The molecule has 0 spiro atoms. The number of nitrogens with one attached hydrogen (secondary N) is 2. The molecule has 33 heavy (non-hydrogen) atoms. The summed E-state index contributed by atoms with van der Waals surface area (Å²) in [5.74, 6) is -1.32. The van der Waals surface area contributed by atoms with Crippen LogP contribution in [0, 0.1) is 11.7 Å². The zero-order valence-corrected chi connectivity index (χ0v) is 18.2. The molecule has 1 aromatic heterocycles. The van der Waals surface area contributed by atoms with Crippen molar-refractivity contribution in [2.45, 2.75) is 32.0 Å². The van der Waals surface area contributed by atoms with E-state index >= 15 is 0 Å². The second-order valence-corrected chi connectivity index (χ2v) is 7.89. The highest BCUT2D eigenvalue weighted by Gasteiger charge is 2.33. The SMILES string of the molecule is CC(Oc1ccc(F)cc1)C(=O)NNC(=O)C1CCN(c2ncc(C(F)(F)F)cc2Cl)CC1. The van der Waals surface area contributed by atoms with Crippen molar-refractivity contribution in [2.24, 2.45) is 5.92 Å². The number of carbonyl (C=O) groups excluding carboxylic acids is 2. The number of ether oxygens (including phenoxy) is 1. The number of anilines is 1. The third kappa shape index (κ3) is 6.47. The molecule has 1 aliphatic rings. The Hall–Kier alpha value is -3.08. The molecule has 7 nitrogen and oxygen atoms in total. The van der Waals surface area contributed by atoms with E-state index in [1.54, 1.807) is 4.90 Å². The fraction of sp³-hybridized carbons (Fsp3) is 0.381. The Labute approximate surface area is 192 Å². The average Bonchev–Trinajstić information content (AvgIpc) is 2.78. The second kappa shape index (κ2) is 10.2. The molecule has 1 fully saturated rings. The summed E-state index contributed by atoms with van der Waals surface area (Å²) in [5.41, 5.74) is 3.72. The van der Waals surface area contributed by atoms with Crippen LogP contribution in [0.1, 0.15) is 25.3 Å². The fourth-order valence-corrected chi connectivity index (χ4v) is 3.56. The molecule has 1 aliphatic heterocycles. The van der Waals surface area contributed by atoms with Crippen molar-refractivity contribution >= 4 is 29.2 Å². The van der Waals surface area contributed by atoms with Gasteiger partial charge in [0.1, 0.15) is 17.4 Å². The number of hydrogen-bond acceptors (Lipinski definition) is 5. The number of halogens is 5. The number of carbonyl (C=O) groups is 2. The lowest BCUT2D eigenvalue weighted by molar-refractivity contribution is -0.137. The number of rotatable bonds is 5. The normalized spacial score (nSPS) is 15.6. The zero-order valence-electron chi connectivity index (χ0n) is 17.5. The summed E-state index contributed by atoms with van der Waals surface area (Å²) in [4.78, 5) is 30.1. The summed E-state index contributed by atoms with van der Waals surface area (Å²) in [6, 6.07) is 5.98. The van der Waals surface area contributed by atoms with Gasteiger partial charge in [-0.1, -0.05) is 11.6 Å². The lowest BCUT2D eigenvalue weighted by Crippen LogP contribution is -2.50. The Morgan fingerprint density at radius 2 is 1.82 bits per heavy atom. The molecule has 12 heteroatoms. The lowest BCUT2D eigenvalue weighted by Gasteiger charge is -2.32. The number of amides is 2. The second-order valence-electron chi connectivity index (χ2n) is 7.48. The van der Waals surface area contributed by atoms with Gasteiger partial charge in [-0.2, -0.15) is 13.2 Å². The van der Waals surface area contributed by atoms with E-state index in [-0.39, 0.29) is 10.8 Å². The Morgan fingerprint density at radius 3 is 2.39 bits per heavy atom. The number of pyridine rings is 1. The van der Waals surface area contributed by atoms with E-state index in [1.807, 2.05) is 0 Å². The smallest absolute Gasteiger partial charge is 0.417 e. The van der Waals surface area contributed by atoms with E-state index < -0.39 is 41.4 Å². The summed E-state index contributed by atoms with van der Waals surface area (Å²) < 4.78 is 56.6. The van der Waals surface area contributed by atoms with Crippen molar-refractivity contribution in [1.82, 2.24) is 15.8 Å². The molecule has 3 rings (SSSR count). The topological polar surface area (TPSA) is 83.6 Å². The van der Waals surface area contributed by atoms with Crippen molar-refractivity contribution in [3.05, 3.63) is 52.9 Å². The minimum atomic E-state index is -4.54. The van der Waals surface area contributed by atoms with E-state index in [0.717, 1.165) is 12.3 Å². The molecule has 0 aliphatic carbocycles. The summed E-state index contributed by atoms with van der Waals surface area (Å²) in [6.07, 6.45) is -3.97. The molecule has 0 bridgehead atoms. The van der Waals surface area contributed by atoms with Crippen molar-refractivity contribution in [2.75, 3.05) is 18.0 Å². The zero-order chi connectivity index (χ0) is 24.2. The summed E-state index contributed by atoms with van der Waals surface area (Å²) in [7, 11) is 0. The quantitative estimate of drug-likeness (QED) is 0.495. The van der Waals surface area contributed by atoms with Crippen LogP contribution in [0.4, 0.5) is 23.4 Å². The van der Waals surface area contributed by atoms with Crippen molar-refractivity contribution in [1.29, 1.82) is 0 Å². The number of aromatic nitrogens is 1. The van der Waals surface area contributed by atoms with Crippen LogP contribution in [-0.4, -0.2) is 36.0 Å². The maximum absolute atomic E-state index is 12.9. The van der Waals surface area contributed by atoms with Gasteiger partial charge >= 0.3 is 6.18 Å². The predicted molar refractivity (Wildman–Crippen MR) is 112 cm³/mol. The first-order valence-corrected chi connectivity index (χ1v) is 10.4. The highest BCUT2D eigenvalue weighted by atomic mass is 35.5. The molecule has 2 amide bonds. The molecule has 2 N–H and O–H groups in total. The third-order valence-corrected chi connectivity index (χ3v) is 5.40. The van der Waals surface area contributed by atoms with Gasteiger partial charge < -0.3 is 9.64 Å². The molecule has 178 valence electrons. The standard InChI is InChI=1S/C21H21ClF4N4O3/c1-12(33-16-4-2-15(23)3-5-16)19(31)28-29-20(32)13-6-8-30(9-7-13)18-17(22)10-14(11-27-18)21(24,25)26/h2-5,10-13H,6-9H2,1H3,(H,28,31)(H,29,32). The number of hydrogen-bond donors (Lipinski definition) is 2. The van der Waals surface area contributed by atoms with E-state index in [1.165, 1.54) is 31.2 Å². The Morgan fingerprint density at radius 1 is 1.18 bits per heavy atom. The number of piperidine rings is 1. The van der Waals surface area contributed by atoms with Crippen LogP contribution in [0.2, 0.25) is 5.02 Å². The van der Waals surface area contributed by atoms with Gasteiger partial charge in [0, 0.05) is 25.2 Å². The first kappa shape index (κ1) is 24.6. The van der Waals surface area contributed by atoms with Crippen LogP contribution in [0.5, 0.6) is 5.75 Å². The van der Waals surface area contributed by atoms with E-state index in [4.69, 9.17) is 16.3 Å². The molecule has 0 saturated carbocycles. The average molecular weight is 489 g/mol. The highest BCUT2D eigenvalue weighted by molar-refractivity contribution is 6.33. The monoisotopic (exact) mass is 488 g/mol. The Balaban J connectivity index is 1.46. The van der Waals surface area contributed by atoms with Crippen LogP contribution in [0.25, 0.3) is 0 Å². The molecular weight excluding hydrogens is 468 g/mol. The lowest BCUT2D eigenvalue weighted by atomic mass is 9.96. The molecule has 2 aromatic rings. The molecular formula is C21H21ClF4N4O3. The first-order chi connectivity index (χ1) is 15.5. The van der Waals surface area contributed by atoms with Crippen molar-refractivity contribution in [3.63, 3.8) is 0 Å². The van der Waals surface area contributed by atoms with Gasteiger partial charge in [-0.3, -0.25) is 20.4 Å². The van der Waals surface area contributed by atoms with Gasteiger partial charge in [0.2, 0.25) is 5.91 Å². The summed E-state index contributed by atoms with van der Waals surface area (Å²) in [6.45, 7) is 2.19. The van der Waals surface area contributed by atoms with E-state index in [9.17, 15) is 27.2 Å². The Bertz CT molecular complexity index is 996. The van der Waals surface area contributed by atoms with Crippen LogP contribution in [0.3, 0.4) is 0 Å². The summed E-state index contributed by atoms with van der Waals surface area (Å²) >= 11 is 5.99. The van der Waals surface area contributed by atoms with Crippen LogP contribution < -0.4 is 20.5 Å². The van der Waals surface area contributed by atoms with Crippen LogP contribution in [-0.2, 0) is 15.8 Å². The van der Waals surface area contributed by atoms with Gasteiger partial charge in [-0.05, 0) is 50.1 Å². The number of hydrazine groups is 1. The largest absolute Gasteiger partial charge is 0.481 e. The molecule has 0 radical (unpaired) electrons. The van der Waals surface area contributed by atoms with E-state index in [2.05, 4.69) is 15.8 Å². The van der Waals surface area contributed by atoms with Crippen LogP contribution in [0.15, 0.2) is 36.5 Å². The van der Waals surface area contributed by atoms with Gasteiger partial charge in [0.15, 0.2) is 6.10 Å². The first-order valence-electron chi connectivity index (χ1n) is 10.0. The molecule has 2 heterocycles. The number of benzene rings is 1. The maximum Gasteiger partial charge on any atom is 0.417 e. The Kier molecular flexibility index (Phi) is 7.62. The maximum atomic E-state index is 12.9. The fourth-order valence-electron chi connectivity index (χ4n) is 3.27. The minimum Gasteiger partial charge on any atom is -0.481 e.